The molecule has 0 fully saturated rings. The zero-order chi connectivity index (χ0) is 8.97. The molecule has 3 N–H and O–H groups in total. The largest absolute Gasteiger partial charge is 0.397 e. The quantitative estimate of drug-likeness (QED) is 0.563. The molecule has 0 bridgehead atoms. The first-order valence-corrected chi connectivity index (χ1v) is 3.52. The van der Waals surface area contributed by atoms with Crippen LogP contribution in [0.15, 0.2) is 36.9 Å². The Morgan fingerprint density at radius 1 is 1.46 bits per heavy atom. The predicted molar refractivity (Wildman–Crippen MR) is 56.9 cm³/mol. The number of carbonyl (C=O) groups excluding carboxylic acids is 1. The minimum atomic E-state index is -0.257. The van der Waals surface area contributed by atoms with Crippen LogP contribution in [-0.4, -0.2) is 5.91 Å². The number of carbonyl (C=O) groups is 1. The van der Waals surface area contributed by atoms with Gasteiger partial charge in [0.1, 0.15) is 0 Å². The van der Waals surface area contributed by atoms with E-state index in [1.807, 2.05) is 0 Å². The normalized spacial score (nSPS) is 8.31. The van der Waals surface area contributed by atoms with E-state index in [1.165, 1.54) is 6.08 Å². The van der Waals surface area contributed by atoms with Crippen molar-refractivity contribution in [2.45, 2.75) is 0 Å². The number of anilines is 2. The number of nitrogens with two attached hydrogens (primary N) is 1. The Morgan fingerprint density at radius 2 is 2.08 bits per heavy atom. The summed E-state index contributed by atoms with van der Waals surface area (Å²) in [6, 6.07) is 7.06. The first-order chi connectivity index (χ1) is 5.74. The van der Waals surface area contributed by atoms with Crippen LogP contribution in [0.3, 0.4) is 0 Å². The lowest BCUT2D eigenvalue weighted by Crippen LogP contribution is -2.08. The summed E-state index contributed by atoms with van der Waals surface area (Å²) in [5.41, 5.74) is 6.74. The monoisotopic (exact) mass is 198 g/mol. The molecule has 0 unspecified atom stereocenters. The number of benzene rings is 1. The summed E-state index contributed by atoms with van der Waals surface area (Å²) >= 11 is 0. The van der Waals surface area contributed by atoms with E-state index in [4.69, 9.17) is 5.73 Å². The highest BCUT2D eigenvalue weighted by Crippen LogP contribution is 2.16. The highest BCUT2D eigenvalue weighted by Gasteiger charge is 1.98. The molecule has 70 valence electrons. The lowest BCUT2D eigenvalue weighted by Gasteiger charge is -2.04. The molecule has 0 radical (unpaired) electrons. The van der Waals surface area contributed by atoms with Crippen LogP contribution in [0.25, 0.3) is 0 Å². The second kappa shape index (κ2) is 5.22. The zero-order valence-corrected chi connectivity index (χ0v) is 7.80. The molecular formula is C9H11ClN2O. The van der Waals surface area contributed by atoms with Crippen molar-refractivity contribution in [2.24, 2.45) is 0 Å². The Labute approximate surface area is 83.0 Å². The van der Waals surface area contributed by atoms with Crippen LogP contribution in [-0.2, 0) is 4.79 Å². The van der Waals surface area contributed by atoms with Gasteiger partial charge < -0.3 is 11.1 Å². The molecule has 0 saturated carbocycles. The Balaban J connectivity index is 0.00000144. The summed E-state index contributed by atoms with van der Waals surface area (Å²) in [4.78, 5) is 10.8. The molecule has 0 aliphatic carbocycles. The number of amides is 1. The van der Waals surface area contributed by atoms with Crippen molar-refractivity contribution in [1.29, 1.82) is 0 Å². The number of nitrogen functional groups attached to an aromatic ring is 1. The number of rotatable bonds is 2. The van der Waals surface area contributed by atoms with Crippen LogP contribution in [0, 0.1) is 0 Å². The van der Waals surface area contributed by atoms with E-state index in [0.29, 0.717) is 11.4 Å². The van der Waals surface area contributed by atoms with Crippen LogP contribution in [0.2, 0.25) is 0 Å². The number of halogens is 1. The van der Waals surface area contributed by atoms with E-state index >= 15 is 0 Å². The van der Waals surface area contributed by atoms with Gasteiger partial charge in [0, 0.05) is 0 Å². The van der Waals surface area contributed by atoms with E-state index in [9.17, 15) is 4.79 Å². The van der Waals surface area contributed by atoms with Gasteiger partial charge in [-0.2, -0.15) is 0 Å². The van der Waals surface area contributed by atoms with Crippen LogP contribution in [0.4, 0.5) is 11.4 Å². The molecule has 1 aromatic carbocycles. The van der Waals surface area contributed by atoms with E-state index < -0.39 is 0 Å². The zero-order valence-electron chi connectivity index (χ0n) is 6.99. The van der Waals surface area contributed by atoms with Crippen LogP contribution in [0.1, 0.15) is 0 Å². The van der Waals surface area contributed by atoms with Crippen molar-refractivity contribution in [3.8, 4) is 0 Å². The third kappa shape index (κ3) is 3.17. The van der Waals surface area contributed by atoms with Crippen LogP contribution >= 0.6 is 12.4 Å². The lowest BCUT2D eigenvalue weighted by atomic mass is 10.2. The van der Waals surface area contributed by atoms with Gasteiger partial charge in [0.2, 0.25) is 5.91 Å². The van der Waals surface area contributed by atoms with Crippen molar-refractivity contribution in [2.75, 3.05) is 11.1 Å². The van der Waals surface area contributed by atoms with Crippen molar-refractivity contribution in [1.82, 2.24) is 0 Å². The third-order valence-corrected chi connectivity index (χ3v) is 1.40. The van der Waals surface area contributed by atoms with Gasteiger partial charge in [-0.15, -0.1) is 12.4 Å². The van der Waals surface area contributed by atoms with Crippen LogP contribution < -0.4 is 11.1 Å². The molecule has 0 aromatic heterocycles. The molecule has 4 heteroatoms. The number of hydrogen-bond acceptors (Lipinski definition) is 2. The number of para-hydroxylation sites is 2. The smallest absolute Gasteiger partial charge is 0.247 e. The van der Waals surface area contributed by atoms with Crippen molar-refractivity contribution in [3.63, 3.8) is 0 Å². The fourth-order valence-corrected chi connectivity index (χ4v) is 0.795. The maximum absolute atomic E-state index is 10.8. The minimum Gasteiger partial charge on any atom is -0.397 e. The molecule has 1 rings (SSSR count). The number of nitrogens with one attached hydrogen (secondary N) is 1. The van der Waals surface area contributed by atoms with Crippen LogP contribution in [0.5, 0.6) is 0 Å². The molecule has 0 heterocycles. The molecule has 0 aliphatic heterocycles. The van der Waals surface area contributed by atoms with Gasteiger partial charge in [0.25, 0.3) is 0 Å². The van der Waals surface area contributed by atoms with E-state index in [0.717, 1.165) is 0 Å². The summed E-state index contributed by atoms with van der Waals surface area (Å²) < 4.78 is 0. The van der Waals surface area contributed by atoms with Gasteiger partial charge in [0.15, 0.2) is 0 Å². The Morgan fingerprint density at radius 3 is 2.62 bits per heavy atom. The molecule has 0 spiro atoms. The molecule has 1 amide bonds. The second-order valence-corrected chi connectivity index (χ2v) is 2.28. The standard InChI is InChI=1S/C9H10N2O.ClH/c1-2-9(12)11-8-6-4-3-5-7(8)10;/h2-6H,1,10H2,(H,11,12);1H. The van der Waals surface area contributed by atoms with Crippen molar-refractivity contribution < 1.29 is 4.79 Å². The fourth-order valence-electron chi connectivity index (χ4n) is 0.795. The Bertz CT molecular complexity index is 312. The summed E-state index contributed by atoms with van der Waals surface area (Å²) in [5.74, 6) is -0.257. The first kappa shape index (κ1) is 11.5. The van der Waals surface area contributed by atoms with Gasteiger partial charge >= 0.3 is 0 Å². The van der Waals surface area contributed by atoms with Crippen molar-refractivity contribution in [3.05, 3.63) is 36.9 Å². The lowest BCUT2D eigenvalue weighted by molar-refractivity contribution is -0.111. The highest BCUT2D eigenvalue weighted by molar-refractivity contribution is 6.00. The maximum atomic E-state index is 10.8. The SMILES string of the molecule is C=CC(=O)Nc1ccccc1N.Cl. The van der Waals surface area contributed by atoms with Gasteiger partial charge in [-0.3, -0.25) is 4.79 Å². The molecule has 0 aliphatic rings. The molecule has 0 saturated heterocycles. The molecule has 13 heavy (non-hydrogen) atoms. The van der Waals surface area contributed by atoms with Gasteiger partial charge in [-0.1, -0.05) is 18.7 Å². The average Bonchev–Trinajstić information content (AvgIpc) is 2.09. The summed E-state index contributed by atoms with van der Waals surface area (Å²) in [7, 11) is 0. The topological polar surface area (TPSA) is 55.1 Å². The molecule has 1 aromatic rings. The van der Waals surface area contributed by atoms with Gasteiger partial charge in [0.05, 0.1) is 11.4 Å². The van der Waals surface area contributed by atoms with Crippen molar-refractivity contribution >= 4 is 29.7 Å². The summed E-state index contributed by atoms with van der Waals surface area (Å²) in [6.45, 7) is 3.33. The first-order valence-electron chi connectivity index (χ1n) is 3.52. The average molecular weight is 199 g/mol. The van der Waals surface area contributed by atoms with E-state index in [1.54, 1.807) is 24.3 Å². The predicted octanol–water partition coefficient (Wildman–Crippen LogP) is 1.82. The molecule has 0 atom stereocenters. The second-order valence-electron chi connectivity index (χ2n) is 2.28. The maximum Gasteiger partial charge on any atom is 0.247 e. The Kier molecular flexibility index (Phi) is 4.62. The highest BCUT2D eigenvalue weighted by atomic mass is 35.5. The third-order valence-electron chi connectivity index (χ3n) is 1.40. The Hall–Kier alpha value is -1.48. The fraction of sp³-hybridized carbons (Fsp3) is 0. The number of hydrogen-bond donors (Lipinski definition) is 2. The molecule has 3 nitrogen and oxygen atoms in total. The van der Waals surface area contributed by atoms with E-state index in [2.05, 4.69) is 11.9 Å². The van der Waals surface area contributed by atoms with Gasteiger partial charge in [-0.25, -0.2) is 0 Å². The molecular weight excluding hydrogens is 188 g/mol. The van der Waals surface area contributed by atoms with E-state index in [-0.39, 0.29) is 18.3 Å². The summed E-state index contributed by atoms with van der Waals surface area (Å²) in [5, 5.41) is 2.58. The summed E-state index contributed by atoms with van der Waals surface area (Å²) in [6.07, 6.45) is 1.20. The minimum absolute atomic E-state index is 0. The van der Waals surface area contributed by atoms with Gasteiger partial charge in [-0.05, 0) is 18.2 Å².